The van der Waals surface area contributed by atoms with Crippen LogP contribution in [0.2, 0.25) is 0 Å². The van der Waals surface area contributed by atoms with Crippen LogP contribution >= 0.6 is 11.3 Å². The lowest BCUT2D eigenvalue weighted by molar-refractivity contribution is -0.133. The van der Waals surface area contributed by atoms with Gasteiger partial charge in [0.15, 0.2) is 0 Å². The minimum Gasteiger partial charge on any atom is -0.376 e. The van der Waals surface area contributed by atoms with E-state index in [9.17, 15) is 14.0 Å². The zero-order chi connectivity index (χ0) is 24.6. The minimum atomic E-state index is -0.453. The summed E-state index contributed by atoms with van der Waals surface area (Å²) in [5, 5.41) is 2.73. The van der Waals surface area contributed by atoms with Gasteiger partial charge in [0.2, 0.25) is 5.91 Å². The highest BCUT2D eigenvalue weighted by Gasteiger charge is 2.27. The van der Waals surface area contributed by atoms with Crippen LogP contribution in [0.3, 0.4) is 0 Å². The van der Waals surface area contributed by atoms with E-state index in [1.807, 2.05) is 49.4 Å². The third-order valence-electron chi connectivity index (χ3n) is 5.85. The van der Waals surface area contributed by atoms with Gasteiger partial charge in [-0.05, 0) is 55.7 Å². The molecule has 0 aliphatic carbocycles. The normalized spacial score (nSPS) is 15.1. The van der Waals surface area contributed by atoms with E-state index >= 15 is 0 Å². The molecule has 1 fully saturated rings. The first-order chi connectivity index (χ1) is 17.0. The van der Waals surface area contributed by atoms with Gasteiger partial charge in [-0.25, -0.2) is 9.18 Å². The molecule has 2 heterocycles. The number of hydrogen-bond acceptors (Lipinski definition) is 4. The molecule has 0 saturated carbocycles. The van der Waals surface area contributed by atoms with Crippen molar-refractivity contribution in [1.82, 2.24) is 9.80 Å². The fourth-order valence-corrected chi connectivity index (χ4v) is 4.99. The Morgan fingerprint density at radius 1 is 1.06 bits per heavy atom. The molecule has 6 nitrogen and oxygen atoms in total. The molecular formula is C27H30FN3O3S. The third kappa shape index (κ3) is 7.37. The number of nitrogens with one attached hydrogen (secondary N) is 1. The summed E-state index contributed by atoms with van der Waals surface area (Å²) in [6.07, 6.45) is 1.64. The molecule has 1 atom stereocenters. The molecule has 8 heteroatoms. The monoisotopic (exact) mass is 495 g/mol. The maximum absolute atomic E-state index is 13.6. The van der Waals surface area contributed by atoms with E-state index in [2.05, 4.69) is 5.32 Å². The topological polar surface area (TPSA) is 61.9 Å². The molecule has 2 aromatic carbocycles. The van der Waals surface area contributed by atoms with E-state index in [1.165, 1.54) is 28.0 Å². The first-order valence-corrected chi connectivity index (χ1v) is 12.6. The van der Waals surface area contributed by atoms with Crippen LogP contribution in [0.1, 0.15) is 28.2 Å². The summed E-state index contributed by atoms with van der Waals surface area (Å²) in [6, 6.07) is 19.2. The van der Waals surface area contributed by atoms with Crippen molar-refractivity contribution in [3.63, 3.8) is 0 Å². The van der Waals surface area contributed by atoms with E-state index in [-0.39, 0.29) is 18.6 Å². The van der Waals surface area contributed by atoms with E-state index in [4.69, 9.17) is 4.74 Å². The molecule has 1 unspecified atom stereocenters. The second-order valence-corrected chi connectivity index (χ2v) is 10.1. The van der Waals surface area contributed by atoms with Crippen molar-refractivity contribution < 1.29 is 18.7 Å². The maximum Gasteiger partial charge on any atom is 0.322 e. The van der Waals surface area contributed by atoms with Crippen molar-refractivity contribution in [3.8, 4) is 0 Å². The largest absolute Gasteiger partial charge is 0.376 e. The van der Waals surface area contributed by atoms with Crippen LogP contribution in [-0.2, 0) is 22.6 Å². The van der Waals surface area contributed by atoms with Crippen molar-refractivity contribution in [2.75, 3.05) is 25.0 Å². The summed E-state index contributed by atoms with van der Waals surface area (Å²) < 4.78 is 19.4. The smallest absolute Gasteiger partial charge is 0.322 e. The summed E-state index contributed by atoms with van der Waals surface area (Å²) in [4.78, 5) is 32.2. The molecule has 1 aromatic heterocycles. The van der Waals surface area contributed by atoms with Gasteiger partial charge in [0.05, 0.1) is 12.6 Å². The average Bonchev–Trinajstić information content (AvgIpc) is 3.50. The number of aryl methyl sites for hydroxylation is 1. The van der Waals surface area contributed by atoms with Crippen LogP contribution < -0.4 is 5.32 Å². The van der Waals surface area contributed by atoms with Crippen LogP contribution in [0.4, 0.5) is 14.9 Å². The number of urea groups is 1. The Kier molecular flexibility index (Phi) is 8.50. The Labute approximate surface area is 209 Å². The first-order valence-electron chi connectivity index (χ1n) is 11.8. The Morgan fingerprint density at radius 2 is 1.89 bits per heavy atom. The van der Waals surface area contributed by atoms with E-state index in [1.54, 1.807) is 22.3 Å². The number of benzene rings is 2. The van der Waals surface area contributed by atoms with Crippen LogP contribution in [0.25, 0.3) is 0 Å². The molecule has 1 aliphatic rings. The van der Waals surface area contributed by atoms with E-state index in [0.717, 1.165) is 23.3 Å². The number of anilines is 1. The highest BCUT2D eigenvalue weighted by molar-refractivity contribution is 7.11. The van der Waals surface area contributed by atoms with Gasteiger partial charge in [-0.15, -0.1) is 11.3 Å². The zero-order valence-electron chi connectivity index (χ0n) is 19.8. The number of hydrogen-bond donors (Lipinski definition) is 1. The predicted molar refractivity (Wildman–Crippen MR) is 136 cm³/mol. The molecule has 1 saturated heterocycles. The molecule has 1 aliphatic heterocycles. The van der Waals surface area contributed by atoms with Gasteiger partial charge in [-0.1, -0.05) is 36.4 Å². The van der Waals surface area contributed by atoms with Gasteiger partial charge in [-0.2, -0.15) is 0 Å². The van der Waals surface area contributed by atoms with Crippen LogP contribution in [0.5, 0.6) is 0 Å². The molecule has 0 bridgehead atoms. The van der Waals surface area contributed by atoms with Crippen LogP contribution in [0.15, 0.2) is 66.7 Å². The number of carbonyl (C=O) groups is 2. The highest BCUT2D eigenvalue weighted by atomic mass is 32.1. The van der Waals surface area contributed by atoms with Crippen molar-refractivity contribution in [2.45, 2.75) is 39.0 Å². The van der Waals surface area contributed by atoms with Crippen molar-refractivity contribution >= 4 is 29.0 Å². The lowest BCUT2D eigenvalue weighted by atomic mass is 10.2. The van der Waals surface area contributed by atoms with Gasteiger partial charge in [-0.3, -0.25) is 4.79 Å². The van der Waals surface area contributed by atoms with Gasteiger partial charge in [0, 0.05) is 35.1 Å². The Balaban J connectivity index is 1.51. The van der Waals surface area contributed by atoms with Crippen molar-refractivity contribution in [3.05, 3.63) is 87.9 Å². The standard InChI is InChI=1S/C27H30FN3O3S/c1-20-12-13-25(35-20)18-30(16-21-7-3-2-4-8-21)26(32)19-31(17-24-11-6-14-34-24)27(33)29-23-10-5-9-22(28)15-23/h2-5,7-10,12-13,15,24H,6,11,14,16-19H2,1H3,(H,29,33). The Hall–Kier alpha value is -3.23. The second-order valence-electron chi connectivity index (χ2n) is 8.70. The van der Waals surface area contributed by atoms with Crippen LogP contribution in [-0.4, -0.2) is 47.5 Å². The highest BCUT2D eigenvalue weighted by Crippen LogP contribution is 2.20. The van der Waals surface area contributed by atoms with E-state index < -0.39 is 11.8 Å². The molecule has 0 spiro atoms. The molecule has 4 rings (SSSR count). The van der Waals surface area contributed by atoms with Gasteiger partial charge < -0.3 is 19.9 Å². The van der Waals surface area contributed by atoms with Gasteiger partial charge in [0.25, 0.3) is 0 Å². The maximum atomic E-state index is 13.6. The molecule has 3 amide bonds. The number of amides is 3. The number of rotatable bonds is 9. The lowest BCUT2D eigenvalue weighted by Gasteiger charge is -2.29. The molecular weight excluding hydrogens is 465 g/mol. The second kappa shape index (κ2) is 12.0. The zero-order valence-corrected chi connectivity index (χ0v) is 20.6. The first kappa shape index (κ1) is 24.9. The fraction of sp³-hybridized carbons (Fsp3) is 0.333. The number of halogens is 1. The fourth-order valence-electron chi connectivity index (χ4n) is 4.08. The van der Waals surface area contributed by atoms with Crippen LogP contribution in [0, 0.1) is 12.7 Å². The quantitative estimate of drug-likeness (QED) is 0.430. The summed E-state index contributed by atoms with van der Waals surface area (Å²) in [5.74, 6) is -0.600. The summed E-state index contributed by atoms with van der Waals surface area (Å²) in [5.41, 5.74) is 1.36. The van der Waals surface area contributed by atoms with Gasteiger partial charge >= 0.3 is 6.03 Å². The Bertz CT molecular complexity index is 1130. The lowest BCUT2D eigenvalue weighted by Crippen LogP contribution is -2.46. The van der Waals surface area contributed by atoms with E-state index in [0.29, 0.717) is 31.9 Å². The summed E-state index contributed by atoms with van der Waals surface area (Å²) in [7, 11) is 0. The SMILES string of the molecule is Cc1ccc(CN(Cc2ccccc2)C(=O)CN(CC2CCCO2)C(=O)Nc2cccc(F)c2)s1. The number of nitrogens with zero attached hydrogens (tertiary/aromatic N) is 2. The third-order valence-corrected chi connectivity index (χ3v) is 6.83. The Morgan fingerprint density at radius 3 is 2.57 bits per heavy atom. The average molecular weight is 496 g/mol. The molecule has 35 heavy (non-hydrogen) atoms. The molecule has 184 valence electrons. The summed E-state index contributed by atoms with van der Waals surface area (Å²) in [6.45, 7) is 3.79. The number of carbonyl (C=O) groups excluding carboxylic acids is 2. The molecule has 1 N–H and O–H groups in total. The minimum absolute atomic E-state index is 0.0990. The molecule has 3 aromatic rings. The molecule has 0 radical (unpaired) electrons. The van der Waals surface area contributed by atoms with Gasteiger partial charge in [0.1, 0.15) is 12.4 Å². The van der Waals surface area contributed by atoms with Crippen molar-refractivity contribution in [1.29, 1.82) is 0 Å². The number of ether oxygens (including phenoxy) is 1. The predicted octanol–water partition coefficient (Wildman–Crippen LogP) is 5.44. The van der Waals surface area contributed by atoms with Crippen molar-refractivity contribution in [2.24, 2.45) is 0 Å². The number of thiophene rings is 1. The summed E-state index contributed by atoms with van der Waals surface area (Å²) >= 11 is 1.66.